The molecule has 2 N–H and O–H groups in total. The van der Waals surface area contributed by atoms with Crippen LogP contribution in [-0.4, -0.2) is 55.2 Å². The van der Waals surface area contributed by atoms with Crippen molar-refractivity contribution in [2.45, 2.75) is 75.9 Å². The summed E-state index contributed by atoms with van der Waals surface area (Å²) in [6.07, 6.45) is 4.36. The molecule has 2 saturated heterocycles. The molecule has 2 aromatic carbocycles. The number of fused-ring (bicyclic) bond motifs is 1. The largest absolute Gasteiger partial charge is 0.497 e. The van der Waals surface area contributed by atoms with E-state index in [2.05, 4.69) is 35.6 Å². The van der Waals surface area contributed by atoms with Crippen LogP contribution in [0.15, 0.2) is 48.5 Å². The Morgan fingerprint density at radius 1 is 1.09 bits per heavy atom. The predicted octanol–water partition coefficient (Wildman–Crippen LogP) is 3.89. The molecular weight excluding hydrogens is 418 g/mol. The monoisotopic (exact) mass is 453 g/mol. The zero-order valence-electron chi connectivity index (χ0n) is 19.5. The van der Waals surface area contributed by atoms with E-state index in [0.29, 0.717) is 6.42 Å². The summed E-state index contributed by atoms with van der Waals surface area (Å²) in [5, 5.41) is 12.6. The Morgan fingerprint density at radius 3 is 2.64 bits per heavy atom. The van der Waals surface area contributed by atoms with E-state index in [-0.39, 0.29) is 43.0 Å². The fourth-order valence-electron chi connectivity index (χ4n) is 4.86. The van der Waals surface area contributed by atoms with Crippen molar-refractivity contribution in [3.8, 4) is 16.9 Å². The van der Waals surface area contributed by atoms with Crippen molar-refractivity contribution in [1.29, 1.82) is 0 Å². The standard InChI is InChI=1S/C27H35NO5/c1-3-27(30)28-23-16-26-25(14-12-22(17-29)32-26)33-24(23)13-9-18-7-10-19(11-8-18)20-5-4-6-21(15-20)31-2/h4-8,10-11,15,22-26,29H,3,9,12-14,16-17H2,1-2H3,(H,28,30)/t22-,23+,24-,25+,26+/m1/s1. The number of rotatable bonds is 8. The second kappa shape index (κ2) is 11.1. The van der Waals surface area contributed by atoms with Crippen LogP contribution in [0.25, 0.3) is 11.1 Å². The van der Waals surface area contributed by atoms with Gasteiger partial charge in [-0.1, -0.05) is 43.3 Å². The Labute approximate surface area is 196 Å². The molecule has 0 bridgehead atoms. The van der Waals surface area contributed by atoms with Gasteiger partial charge in [-0.05, 0) is 60.9 Å². The molecule has 2 aromatic rings. The average Bonchev–Trinajstić information content (AvgIpc) is 2.87. The highest BCUT2D eigenvalue weighted by atomic mass is 16.6. The lowest BCUT2D eigenvalue weighted by Gasteiger charge is -2.45. The van der Waals surface area contributed by atoms with Crippen molar-refractivity contribution in [2.75, 3.05) is 13.7 Å². The minimum absolute atomic E-state index is 0.0306. The zero-order chi connectivity index (χ0) is 23.2. The molecule has 0 aliphatic carbocycles. The van der Waals surface area contributed by atoms with E-state index in [4.69, 9.17) is 14.2 Å². The van der Waals surface area contributed by atoms with E-state index >= 15 is 0 Å². The summed E-state index contributed by atoms with van der Waals surface area (Å²) in [6, 6.07) is 16.6. The molecule has 0 radical (unpaired) electrons. The highest BCUT2D eigenvalue weighted by Crippen LogP contribution is 2.33. The van der Waals surface area contributed by atoms with Crippen LogP contribution in [0.5, 0.6) is 5.75 Å². The van der Waals surface area contributed by atoms with Gasteiger partial charge in [-0.25, -0.2) is 0 Å². The van der Waals surface area contributed by atoms with Crippen molar-refractivity contribution in [1.82, 2.24) is 5.32 Å². The molecule has 0 saturated carbocycles. The number of aliphatic hydroxyl groups excluding tert-OH is 1. The number of carbonyl (C=O) groups is 1. The van der Waals surface area contributed by atoms with Crippen LogP contribution < -0.4 is 10.1 Å². The van der Waals surface area contributed by atoms with Crippen molar-refractivity contribution in [2.24, 2.45) is 0 Å². The number of methoxy groups -OCH3 is 1. The minimum atomic E-state index is -0.128. The van der Waals surface area contributed by atoms with Gasteiger partial charge in [-0.15, -0.1) is 0 Å². The second-order valence-corrected chi connectivity index (χ2v) is 9.00. The Bertz CT molecular complexity index is 915. The number of carbonyl (C=O) groups excluding carboxylic acids is 1. The average molecular weight is 454 g/mol. The maximum atomic E-state index is 12.1. The summed E-state index contributed by atoms with van der Waals surface area (Å²) in [6.45, 7) is 1.89. The van der Waals surface area contributed by atoms with Gasteiger partial charge in [0.1, 0.15) is 5.75 Å². The highest BCUT2D eigenvalue weighted by molar-refractivity contribution is 5.75. The summed E-state index contributed by atoms with van der Waals surface area (Å²) in [5.74, 6) is 0.880. The number of ether oxygens (including phenoxy) is 3. The van der Waals surface area contributed by atoms with Gasteiger partial charge in [0.25, 0.3) is 0 Å². The molecule has 6 heteroatoms. The van der Waals surface area contributed by atoms with Gasteiger partial charge in [-0.3, -0.25) is 4.79 Å². The maximum absolute atomic E-state index is 12.1. The van der Waals surface area contributed by atoms with E-state index < -0.39 is 0 Å². The van der Waals surface area contributed by atoms with Crippen molar-refractivity contribution in [3.63, 3.8) is 0 Å². The van der Waals surface area contributed by atoms with Crippen LogP contribution in [0.4, 0.5) is 0 Å². The van der Waals surface area contributed by atoms with Crippen LogP contribution in [0, 0.1) is 0 Å². The molecule has 5 atom stereocenters. The molecule has 4 rings (SSSR count). The minimum Gasteiger partial charge on any atom is -0.497 e. The molecule has 2 fully saturated rings. The van der Waals surface area contributed by atoms with Gasteiger partial charge in [-0.2, -0.15) is 0 Å². The van der Waals surface area contributed by atoms with Gasteiger partial charge < -0.3 is 24.6 Å². The van der Waals surface area contributed by atoms with Crippen LogP contribution in [0.3, 0.4) is 0 Å². The SMILES string of the molecule is CCC(=O)N[C@H]1C[C@@H]2O[C@@H](CO)CC[C@@H]2O[C@@H]1CCc1ccc(-c2cccc(OC)c2)cc1. The molecule has 33 heavy (non-hydrogen) atoms. The zero-order valence-corrected chi connectivity index (χ0v) is 19.5. The first kappa shape index (κ1) is 23.7. The number of aliphatic hydroxyl groups is 1. The lowest BCUT2D eigenvalue weighted by molar-refractivity contribution is -0.202. The number of amides is 1. The summed E-state index contributed by atoms with van der Waals surface area (Å²) >= 11 is 0. The van der Waals surface area contributed by atoms with E-state index in [1.54, 1.807) is 7.11 Å². The van der Waals surface area contributed by atoms with Crippen LogP contribution in [0.1, 0.15) is 44.6 Å². The third kappa shape index (κ3) is 5.94. The van der Waals surface area contributed by atoms with E-state index in [0.717, 1.165) is 49.0 Å². The molecule has 2 aliphatic rings. The van der Waals surface area contributed by atoms with Gasteiger partial charge >= 0.3 is 0 Å². The summed E-state index contributed by atoms with van der Waals surface area (Å²) in [7, 11) is 1.68. The molecule has 1 amide bonds. The summed E-state index contributed by atoms with van der Waals surface area (Å²) in [5.41, 5.74) is 3.52. The molecule has 178 valence electrons. The van der Waals surface area contributed by atoms with Crippen molar-refractivity contribution in [3.05, 3.63) is 54.1 Å². The number of hydrogen-bond acceptors (Lipinski definition) is 5. The quantitative estimate of drug-likeness (QED) is 0.634. The molecule has 2 aliphatic heterocycles. The van der Waals surface area contributed by atoms with Gasteiger partial charge in [0.15, 0.2) is 0 Å². The second-order valence-electron chi connectivity index (χ2n) is 9.00. The van der Waals surface area contributed by atoms with Crippen LogP contribution >= 0.6 is 0 Å². The Kier molecular flexibility index (Phi) is 8.02. The van der Waals surface area contributed by atoms with Crippen molar-refractivity contribution >= 4 is 5.91 Å². The number of aryl methyl sites for hydroxylation is 1. The summed E-state index contributed by atoms with van der Waals surface area (Å²) < 4.78 is 17.8. The van der Waals surface area contributed by atoms with Crippen LogP contribution in [-0.2, 0) is 20.7 Å². The maximum Gasteiger partial charge on any atom is 0.220 e. The Morgan fingerprint density at radius 2 is 1.91 bits per heavy atom. The number of nitrogens with one attached hydrogen (secondary N) is 1. The first-order valence-electron chi connectivity index (χ1n) is 12.0. The van der Waals surface area contributed by atoms with Gasteiger partial charge in [0, 0.05) is 6.42 Å². The summed E-state index contributed by atoms with van der Waals surface area (Å²) in [4.78, 5) is 12.1. The Balaban J connectivity index is 1.40. The lowest BCUT2D eigenvalue weighted by Crippen LogP contribution is -2.57. The Hall–Kier alpha value is -2.41. The van der Waals surface area contributed by atoms with E-state index in [1.165, 1.54) is 5.56 Å². The first-order valence-corrected chi connectivity index (χ1v) is 12.0. The molecule has 6 nitrogen and oxygen atoms in total. The lowest BCUT2D eigenvalue weighted by atomic mass is 9.88. The highest BCUT2D eigenvalue weighted by Gasteiger charge is 2.42. The number of benzene rings is 2. The topological polar surface area (TPSA) is 77.0 Å². The van der Waals surface area contributed by atoms with E-state index in [1.807, 2.05) is 25.1 Å². The first-order chi connectivity index (χ1) is 16.1. The molecule has 0 aromatic heterocycles. The van der Waals surface area contributed by atoms with Gasteiger partial charge in [0.2, 0.25) is 5.91 Å². The number of hydrogen-bond donors (Lipinski definition) is 2. The molecule has 0 spiro atoms. The molecule has 0 unspecified atom stereocenters. The predicted molar refractivity (Wildman–Crippen MR) is 127 cm³/mol. The fraction of sp³-hybridized carbons (Fsp3) is 0.519. The third-order valence-electron chi connectivity index (χ3n) is 6.79. The van der Waals surface area contributed by atoms with Crippen molar-refractivity contribution < 1.29 is 24.1 Å². The smallest absolute Gasteiger partial charge is 0.220 e. The molecular formula is C27H35NO5. The normalized spacial score (nSPS) is 26.9. The molecule has 2 heterocycles. The van der Waals surface area contributed by atoms with Crippen LogP contribution in [0.2, 0.25) is 0 Å². The fourth-order valence-corrected chi connectivity index (χ4v) is 4.86. The third-order valence-corrected chi connectivity index (χ3v) is 6.79. The van der Waals surface area contributed by atoms with E-state index in [9.17, 15) is 9.90 Å². The van der Waals surface area contributed by atoms with Gasteiger partial charge in [0.05, 0.1) is 44.2 Å².